The molecular formula is C64H46O. The van der Waals surface area contributed by atoms with Gasteiger partial charge in [0.25, 0.3) is 0 Å². The Morgan fingerprint density at radius 1 is 0.292 bits per heavy atom. The predicted octanol–water partition coefficient (Wildman–Crippen LogP) is 17.7. The van der Waals surface area contributed by atoms with Gasteiger partial charge in [0.2, 0.25) is 0 Å². The third-order valence-electron chi connectivity index (χ3n) is 12.7. The number of hydrogen-bond acceptors (Lipinski definition) is 1. The molecule has 308 valence electrons. The maximum Gasteiger partial charge on any atom is 0.134 e. The molecule has 1 atom stereocenters. The van der Waals surface area contributed by atoms with Gasteiger partial charge in [-0.2, -0.15) is 0 Å². The van der Waals surface area contributed by atoms with E-state index in [9.17, 15) is 0 Å². The zero-order valence-corrected chi connectivity index (χ0v) is 36.0. The van der Waals surface area contributed by atoms with Gasteiger partial charge in [0.05, 0.1) is 0 Å². The van der Waals surface area contributed by atoms with E-state index in [1.165, 1.54) is 66.8 Å². The molecule has 1 aliphatic carbocycles. The Kier molecular flexibility index (Phi) is 10.9. The summed E-state index contributed by atoms with van der Waals surface area (Å²) in [5.74, 6) is 1.88. The van der Waals surface area contributed by atoms with Crippen molar-refractivity contribution in [3.8, 4) is 89.4 Å². The summed E-state index contributed by atoms with van der Waals surface area (Å²) < 4.78 is 7.09. The molecule has 1 nitrogen and oxygen atoms in total. The first-order chi connectivity index (χ1) is 32.2. The molecule has 0 fully saturated rings. The molecule has 0 radical (unpaired) electrons. The molecule has 1 heteroatoms. The summed E-state index contributed by atoms with van der Waals surface area (Å²) >= 11 is 0. The first kappa shape index (κ1) is 39.6. The third kappa shape index (κ3) is 8.13. The molecule has 11 rings (SSSR count). The quantitative estimate of drug-likeness (QED) is 0.134. The van der Waals surface area contributed by atoms with Crippen molar-refractivity contribution in [2.75, 3.05) is 0 Å². The standard InChI is InChI=1S/C64H46O/c1-5-21-45(22-6-1)55-29-13-17-33-59(55)49-39-50(60-34-18-14-30-56(60)46-23-7-2-8-24-46)42-53(41-49)63-37-38-64(65-63)54-43-51(61-35-19-15-31-57(61)47-25-9-3-10-26-47)40-52(44-54)62-36-20-16-32-58(62)48-27-11-4-12-28-48/h1-31,33-44,58H,32H2. The number of furan rings is 1. The largest absolute Gasteiger partial charge is 0.456 e. The van der Waals surface area contributed by atoms with Crippen LogP contribution in [0.5, 0.6) is 0 Å². The van der Waals surface area contributed by atoms with Crippen LogP contribution in [0.2, 0.25) is 0 Å². The van der Waals surface area contributed by atoms with E-state index in [1.54, 1.807) is 0 Å². The molecular weight excluding hydrogens is 785 g/mol. The van der Waals surface area contributed by atoms with Crippen molar-refractivity contribution in [2.45, 2.75) is 12.3 Å². The van der Waals surface area contributed by atoms with Gasteiger partial charge in [0.15, 0.2) is 0 Å². The first-order valence-corrected chi connectivity index (χ1v) is 22.5. The summed E-state index contributed by atoms with van der Waals surface area (Å²) in [6, 6.07) is 87.4. The molecule has 9 aromatic carbocycles. The molecule has 0 bridgehead atoms. The minimum atomic E-state index is 0.236. The van der Waals surface area contributed by atoms with Gasteiger partial charge in [-0.05, 0) is 138 Å². The van der Waals surface area contributed by atoms with E-state index < -0.39 is 0 Å². The Bertz CT molecular complexity index is 3220. The van der Waals surface area contributed by atoms with Crippen LogP contribution in [0.3, 0.4) is 0 Å². The monoisotopic (exact) mass is 830 g/mol. The van der Waals surface area contributed by atoms with Crippen molar-refractivity contribution in [2.24, 2.45) is 0 Å². The molecule has 1 heterocycles. The Hall–Kier alpha value is -8.26. The summed E-state index contributed by atoms with van der Waals surface area (Å²) in [7, 11) is 0. The van der Waals surface area contributed by atoms with E-state index in [0.717, 1.165) is 45.8 Å². The van der Waals surface area contributed by atoms with Crippen molar-refractivity contribution in [1.82, 2.24) is 0 Å². The highest BCUT2D eigenvalue weighted by atomic mass is 16.3. The minimum Gasteiger partial charge on any atom is -0.456 e. The topological polar surface area (TPSA) is 13.1 Å². The van der Waals surface area contributed by atoms with Gasteiger partial charge in [-0.25, -0.2) is 0 Å². The summed E-state index contributed by atoms with van der Waals surface area (Å²) in [4.78, 5) is 0. The number of allylic oxidation sites excluding steroid dienone is 4. The summed E-state index contributed by atoms with van der Waals surface area (Å²) in [6.45, 7) is 0. The Morgan fingerprint density at radius 3 is 1.03 bits per heavy atom. The van der Waals surface area contributed by atoms with Crippen LogP contribution in [-0.2, 0) is 0 Å². The molecule has 10 aromatic rings. The molecule has 0 spiro atoms. The van der Waals surface area contributed by atoms with E-state index in [0.29, 0.717) is 0 Å². The molecule has 1 aromatic heterocycles. The van der Waals surface area contributed by atoms with Gasteiger partial charge in [0, 0.05) is 17.0 Å². The smallest absolute Gasteiger partial charge is 0.134 e. The van der Waals surface area contributed by atoms with Crippen molar-refractivity contribution in [3.05, 3.63) is 272 Å². The summed E-state index contributed by atoms with van der Waals surface area (Å²) in [5.41, 5.74) is 19.9. The fourth-order valence-corrected chi connectivity index (χ4v) is 9.56. The highest BCUT2D eigenvalue weighted by Crippen LogP contribution is 2.44. The third-order valence-corrected chi connectivity index (χ3v) is 12.7. The van der Waals surface area contributed by atoms with Gasteiger partial charge in [0.1, 0.15) is 11.5 Å². The van der Waals surface area contributed by atoms with Crippen LogP contribution in [0.1, 0.15) is 23.5 Å². The maximum atomic E-state index is 7.09. The molecule has 1 unspecified atom stereocenters. The average molecular weight is 831 g/mol. The van der Waals surface area contributed by atoms with E-state index in [4.69, 9.17) is 4.42 Å². The number of hydrogen-bond donors (Lipinski definition) is 0. The van der Waals surface area contributed by atoms with Crippen LogP contribution in [0.25, 0.3) is 95.0 Å². The van der Waals surface area contributed by atoms with Crippen LogP contribution in [0.4, 0.5) is 0 Å². The fourth-order valence-electron chi connectivity index (χ4n) is 9.56. The van der Waals surface area contributed by atoms with E-state index >= 15 is 0 Å². The number of benzene rings is 9. The Morgan fingerprint density at radius 2 is 0.615 bits per heavy atom. The molecule has 0 aliphatic heterocycles. The summed E-state index contributed by atoms with van der Waals surface area (Å²) in [6.07, 6.45) is 7.74. The molecule has 1 aliphatic rings. The van der Waals surface area contributed by atoms with Crippen molar-refractivity contribution in [1.29, 1.82) is 0 Å². The van der Waals surface area contributed by atoms with E-state index in [1.807, 2.05) is 0 Å². The van der Waals surface area contributed by atoms with Crippen LogP contribution in [0.15, 0.2) is 265 Å². The van der Waals surface area contributed by atoms with Crippen molar-refractivity contribution >= 4 is 5.57 Å². The molecule has 65 heavy (non-hydrogen) atoms. The Labute approximate surface area is 382 Å². The SMILES string of the molecule is C1=CCC(c2ccccc2)C(c2cc(-c3ccc(-c4cc(-c5ccccc5-c5ccccc5)cc(-c5ccccc5-c5ccccc5)c4)o3)cc(-c3ccccc3-c3ccccc3)c2)=C1. The van der Waals surface area contributed by atoms with Gasteiger partial charge in [-0.3, -0.25) is 0 Å². The van der Waals surface area contributed by atoms with Gasteiger partial charge in [-0.15, -0.1) is 0 Å². The van der Waals surface area contributed by atoms with E-state index in [-0.39, 0.29) is 5.92 Å². The first-order valence-electron chi connectivity index (χ1n) is 22.5. The minimum absolute atomic E-state index is 0.236. The molecule has 0 saturated heterocycles. The van der Waals surface area contributed by atoms with Crippen LogP contribution in [-0.4, -0.2) is 0 Å². The van der Waals surface area contributed by atoms with Crippen LogP contribution in [0, 0.1) is 0 Å². The van der Waals surface area contributed by atoms with Crippen molar-refractivity contribution in [3.63, 3.8) is 0 Å². The second-order valence-electron chi connectivity index (χ2n) is 16.7. The highest BCUT2D eigenvalue weighted by molar-refractivity contribution is 5.92. The van der Waals surface area contributed by atoms with Crippen LogP contribution < -0.4 is 0 Å². The lowest BCUT2D eigenvalue weighted by molar-refractivity contribution is 0.597. The zero-order valence-electron chi connectivity index (χ0n) is 36.0. The van der Waals surface area contributed by atoms with Crippen LogP contribution >= 0.6 is 0 Å². The predicted molar refractivity (Wildman–Crippen MR) is 273 cm³/mol. The van der Waals surface area contributed by atoms with Gasteiger partial charge in [-0.1, -0.05) is 212 Å². The molecule has 0 saturated carbocycles. The molecule has 0 amide bonds. The lowest BCUT2D eigenvalue weighted by atomic mass is 9.80. The fraction of sp³-hybridized carbons (Fsp3) is 0.0312. The average Bonchev–Trinajstić information content (AvgIpc) is 3.91. The normalized spacial score (nSPS) is 13.4. The van der Waals surface area contributed by atoms with Crippen molar-refractivity contribution < 1.29 is 4.42 Å². The zero-order chi connectivity index (χ0) is 43.4. The lowest BCUT2D eigenvalue weighted by Crippen LogP contribution is -2.04. The summed E-state index contributed by atoms with van der Waals surface area (Å²) in [5, 5.41) is 0. The molecule has 0 N–H and O–H groups in total. The maximum absolute atomic E-state index is 7.09. The Balaban J connectivity index is 1.08. The second-order valence-corrected chi connectivity index (χ2v) is 16.7. The highest BCUT2D eigenvalue weighted by Gasteiger charge is 2.22. The van der Waals surface area contributed by atoms with E-state index in [2.05, 4.69) is 261 Å². The number of rotatable bonds is 10. The van der Waals surface area contributed by atoms with Gasteiger partial charge >= 0.3 is 0 Å². The lowest BCUT2D eigenvalue weighted by Gasteiger charge is -2.24. The van der Waals surface area contributed by atoms with Gasteiger partial charge < -0.3 is 4.42 Å². The second kappa shape index (κ2) is 17.8.